The number of halogens is 2. The lowest BCUT2D eigenvalue weighted by atomic mass is 10.1. The van der Waals surface area contributed by atoms with Crippen molar-refractivity contribution in [2.24, 2.45) is 0 Å². The van der Waals surface area contributed by atoms with E-state index in [0.717, 1.165) is 23.3 Å². The quantitative estimate of drug-likeness (QED) is 0.690. The lowest BCUT2D eigenvalue weighted by molar-refractivity contribution is 0.0981. The molecule has 1 N–H and O–H groups in total. The predicted octanol–water partition coefficient (Wildman–Crippen LogP) is 4.51. The number of nitrogens with zero attached hydrogens (tertiary/aromatic N) is 2. The van der Waals surface area contributed by atoms with Crippen molar-refractivity contribution in [2.45, 2.75) is 19.5 Å². The van der Waals surface area contributed by atoms with Gasteiger partial charge in [-0.15, -0.1) is 0 Å². The van der Waals surface area contributed by atoms with Crippen LogP contribution in [0, 0.1) is 0 Å². The fourth-order valence-electron chi connectivity index (χ4n) is 3.38. The van der Waals surface area contributed by atoms with Gasteiger partial charge in [-0.05, 0) is 35.7 Å². The predicted molar refractivity (Wildman–Crippen MR) is 103 cm³/mol. The molecule has 2 aromatic carbocycles. The average Bonchev–Trinajstić information content (AvgIpc) is 3.16. The molecule has 5 nitrogen and oxygen atoms in total. The number of phenolic OH excluding ortho intramolecular Hbond substituents is 1. The molecule has 0 fully saturated rings. The number of rotatable bonds is 5. The molecule has 29 heavy (non-hydrogen) atoms. The monoisotopic (exact) mass is 396 g/mol. The van der Waals surface area contributed by atoms with Crippen molar-refractivity contribution in [2.75, 3.05) is 11.4 Å². The summed E-state index contributed by atoms with van der Waals surface area (Å²) in [5.74, 6) is -1.13. The molecule has 148 valence electrons. The maximum atomic E-state index is 13.3. The molecule has 1 aromatic heterocycles. The maximum absolute atomic E-state index is 13.3. The molecular formula is C22H18F2N2O3. The number of fused-ring (bicyclic) bond motifs is 1. The molecule has 1 amide bonds. The number of carbonyl (C=O) groups is 1. The van der Waals surface area contributed by atoms with Gasteiger partial charge in [0.25, 0.3) is 12.3 Å². The molecule has 0 saturated carbocycles. The molecule has 0 unspecified atom stereocenters. The summed E-state index contributed by atoms with van der Waals surface area (Å²) >= 11 is 0. The van der Waals surface area contributed by atoms with Gasteiger partial charge in [-0.25, -0.2) is 8.78 Å². The molecule has 0 atom stereocenters. The molecule has 0 spiro atoms. The van der Waals surface area contributed by atoms with Gasteiger partial charge in [-0.2, -0.15) is 0 Å². The molecule has 0 bridgehead atoms. The Balaban J connectivity index is 1.71. The van der Waals surface area contributed by atoms with Gasteiger partial charge in [0.15, 0.2) is 0 Å². The number of ether oxygens (including phenoxy) is 1. The van der Waals surface area contributed by atoms with E-state index < -0.39 is 23.6 Å². The Kier molecular flexibility index (Phi) is 5.12. The first-order valence-electron chi connectivity index (χ1n) is 9.11. The van der Waals surface area contributed by atoms with Crippen LogP contribution < -0.4 is 9.64 Å². The van der Waals surface area contributed by atoms with E-state index in [2.05, 4.69) is 4.98 Å². The fraction of sp³-hybridized carbons (Fsp3) is 0.182. The molecule has 0 saturated heterocycles. The molecule has 4 rings (SSSR count). The maximum Gasteiger partial charge on any atom is 0.265 e. The second-order valence-corrected chi connectivity index (χ2v) is 6.70. The molecule has 2 heterocycles. The van der Waals surface area contributed by atoms with E-state index in [-0.39, 0.29) is 17.9 Å². The Bertz CT molecular complexity index is 1040. The molecule has 3 aromatic rings. The summed E-state index contributed by atoms with van der Waals surface area (Å²) in [6.45, 7) is 0.486. The van der Waals surface area contributed by atoms with Crippen LogP contribution in [0.25, 0.3) is 0 Å². The van der Waals surface area contributed by atoms with Gasteiger partial charge in [0.1, 0.15) is 23.7 Å². The van der Waals surface area contributed by atoms with E-state index in [0.29, 0.717) is 18.7 Å². The van der Waals surface area contributed by atoms with E-state index in [1.807, 2.05) is 36.4 Å². The summed E-state index contributed by atoms with van der Waals surface area (Å²) in [6.07, 6.45) is 1.08. The van der Waals surface area contributed by atoms with Crippen molar-refractivity contribution in [1.82, 2.24) is 4.98 Å². The third-order valence-corrected chi connectivity index (χ3v) is 4.83. The van der Waals surface area contributed by atoms with Crippen LogP contribution in [0.1, 0.15) is 33.5 Å². The lowest BCUT2D eigenvalue weighted by Crippen LogP contribution is -2.29. The Morgan fingerprint density at radius 1 is 1.21 bits per heavy atom. The third-order valence-electron chi connectivity index (χ3n) is 4.83. The first kappa shape index (κ1) is 18.9. The number of carbonyl (C=O) groups excluding carboxylic acids is 1. The van der Waals surface area contributed by atoms with Crippen LogP contribution in [0.4, 0.5) is 14.5 Å². The van der Waals surface area contributed by atoms with Crippen LogP contribution in [0.2, 0.25) is 0 Å². The number of aromatic hydroxyl groups is 1. The first-order chi connectivity index (χ1) is 14.0. The number of benzene rings is 2. The van der Waals surface area contributed by atoms with E-state index >= 15 is 0 Å². The van der Waals surface area contributed by atoms with Gasteiger partial charge >= 0.3 is 0 Å². The summed E-state index contributed by atoms with van der Waals surface area (Å²) in [7, 11) is 0. The summed E-state index contributed by atoms with van der Waals surface area (Å²) in [4.78, 5) is 18.7. The fourth-order valence-corrected chi connectivity index (χ4v) is 3.38. The average molecular weight is 396 g/mol. The summed E-state index contributed by atoms with van der Waals surface area (Å²) < 4.78 is 32.2. The molecule has 0 aliphatic carbocycles. The topological polar surface area (TPSA) is 62.7 Å². The zero-order chi connectivity index (χ0) is 20.4. The summed E-state index contributed by atoms with van der Waals surface area (Å²) in [5.41, 5.74) is 1.86. The highest BCUT2D eigenvalue weighted by atomic mass is 19.3. The van der Waals surface area contributed by atoms with Gasteiger partial charge in [0.2, 0.25) is 0 Å². The van der Waals surface area contributed by atoms with E-state index in [1.54, 1.807) is 12.4 Å². The highest BCUT2D eigenvalue weighted by Crippen LogP contribution is 2.37. The van der Waals surface area contributed by atoms with Crippen LogP contribution in [-0.4, -0.2) is 22.5 Å². The van der Waals surface area contributed by atoms with Crippen LogP contribution in [0.5, 0.6) is 11.5 Å². The van der Waals surface area contributed by atoms with Gasteiger partial charge in [0, 0.05) is 18.3 Å². The zero-order valence-corrected chi connectivity index (χ0v) is 15.4. The van der Waals surface area contributed by atoms with Crippen molar-refractivity contribution >= 4 is 11.6 Å². The SMILES string of the molecule is O=C(c1c(O)cc(C(F)F)cc1OCc1ccccc1)N1CCc2ccncc21. The molecular weight excluding hydrogens is 378 g/mol. The van der Waals surface area contributed by atoms with Crippen molar-refractivity contribution < 1.29 is 23.4 Å². The highest BCUT2D eigenvalue weighted by molar-refractivity contribution is 6.10. The van der Waals surface area contributed by atoms with E-state index in [9.17, 15) is 18.7 Å². The number of amides is 1. The van der Waals surface area contributed by atoms with Crippen LogP contribution in [0.3, 0.4) is 0 Å². The van der Waals surface area contributed by atoms with Gasteiger partial charge in [-0.3, -0.25) is 9.78 Å². The second kappa shape index (κ2) is 7.87. The Hall–Kier alpha value is -3.48. The highest BCUT2D eigenvalue weighted by Gasteiger charge is 2.30. The number of alkyl halides is 2. The standard InChI is InChI=1S/C22H18F2N2O3/c23-21(24)16-10-18(27)20(19(11-16)29-13-14-4-2-1-3-5-14)22(28)26-9-7-15-6-8-25-12-17(15)26/h1-6,8,10-12,21,27H,7,9,13H2. The smallest absolute Gasteiger partial charge is 0.265 e. The van der Waals surface area contributed by atoms with Crippen LogP contribution >= 0.6 is 0 Å². The number of aromatic nitrogens is 1. The van der Waals surface area contributed by atoms with Crippen LogP contribution in [0.15, 0.2) is 60.9 Å². The number of hydrogen-bond donors (Lipinski definition) is 1. The Morgan fingerprint density at radius 2 is 2.00 bits per heavy atom. The lowest BCUT2D eigenvalue weighted by Gasteiger charge is -2.20. The molecule has 1 aliphatic heterocycles. The Labute approximate surface area is 166 Å². The Morgan fingerprint density at radius 3 is 2.76 bits per heavy atom. The first-order valence-corrected chi connectivity index (χ1v) is 9.11. The normalized spacial score (nSPS) is 12.9. The van der Waals surface area contributed by atoms with Crippen molar-refractivity contribution in [1.29, 1.82) is 0 Å². The van der Waals surface area contributed by atoms with Gasteiger partial charge in [-0.1, -0.05) is 30.3 Å². The minimum absolute atomic E-state index is 0.0748. The summed E-state index contributed by atoms with van der Waals surface area (Å²) in [6, 6.07) is 13.0. The van der Waals surface area contributed by atoms with E-state index in [4.69, 9.17) is 4.74 Å². The zero-order valence-electron chi connectivity index (χ0n) is 15.4. The van der Waals surface area contributed by atoms with Gasteiger partial charge in [0.05, 0.1) is 11.9 Å². The largest absolute Gasteiger partial charge is 0.507 e. The number of anilines is 1. The number of pyridine rings is 1. The molecule has 1 aliphatic rings. The minimum Gasteiger partial charge on any atom is -0.507 e. The second-order valence-electron chi connectivity index (χ2n) is 6.70. The molecule has 7 heteroatoms. The summed E-state index contributed by atoms with van der Waals surface area (Å²) in [5, 5.41) is 10.4. The van der Waals surface area contributed by atoms with Crippen LogP contribution in [-0.2, 0) is 13.0 Å². The minimum atomic E-state index is -2.80. The third kappa shape index (κ3) is 3.76. The number of hydrogen-bond acceptors (Lipinski definition) is 4. The van der Waals surface area contributed by atoms with Crippen molar-refractivity contribution in [3.05, 3.63) is 83.2 Å². The number of phenols is 1. The van der Waals surface area contributed by atoms with E-state index in [1.165, 1.54) is 4.90 Å². The van der Waals surface area contributed by atoms with Crippen molar-refractivity contribution in [3.8, 4) is 11.5 Å². The molecule has 0 radical (unpaired) electrons. The van der Waals surface area contributed by atoms with Crippen molar-refractivity contribution in [3.63, 3.8) is 0 Å². The van der Waals surface area contributed by atoms with Gasteiger partial charge < -0.3 is 14.7 Å².